The van der Waals surface area contributed by atoms with Gasteiger partial charge < -0.3 is 9.52 Å². The number of phenolic OH excluding ortho intramolecular Hbond substituents is 1. The molecule has 0 aliphatic heterocycles. The third-order valence-electron chi connectivity index (χ3n) is 5.49. The normalized spacial score (nSPS) is 12.0. The Morgan fingerprint density at radius 3 is 2.23 bits per heavy atom. The third-order valence-corrected chi connectivity index (χ3v) is 5.49. The van der Waals surface area contributed by atoms with Crippen molar-refractivity contribution >= 4 is 11.6 Å². The van der Waals surface area contributed by atoms with Crippen LogP contribution in [0.3, 0.4) is 0 Å². The van der Waals surface area contributed by atoms with Gasteiger partial charge in [-0.1, -0.05) is 65.7 Å². The van der Waals surface area contributed by atoms with Crippen molar-refractivity contribution in [3.63, 3.8) is 0 Å². The number of carbonyl (C=O) groups excluding carboxylic acids is 2. The molecule has 4 aromatic rings. The molecule has 1 aliphatic carbocycles. The summed E-state index contributed by atoms with van der Waals surface area (Å²) in [6.07, 6.45) is 0. The van der Waals surface area contributed by atoms with Gasteiger partial charge in [0.05, 0.1) is 11.1 Å². The lowest BCUT2D eigenvalue weighted by atomic mass is 9.94. The maximum atomic E-state index is 13.4. The molecule has 5 rings (SSSR count). The Bertz CT molecular complexity index is 1340. The zero-order valence-electron chi connectivity index (χ0n) is 16.5. The van der Waals surface area contributed by atoms with Crippen LogP contribution in [0.4, 0.5) is 0 Å². The monoisotopic (exact) mass is 394 g/mol. The van der Waals surface area contributed by atoms with E-state index in [1.807, 2.05) is 56.3 Å². The summed E-state index contributed by atoms with van der Waals surface area (Å²) in [6, 6.07) is 19.7. The van der Waals surface area contributed by atoms with Crippen LogP contribution in [0.1, 0.15) is 43.2 Å². The zero-order chi connectivity index (χ0) is 21.0. The standard InChI is InChI=1S/C26H18O4/c1-14-7-10-16(11-8-14)21-22-23(28)17-5-3-4-6-18(17)25(22)30-26(21)24(29)19-13-15(2)9-12-20(19)27/h3-13,27H,1-2H3. The molecule has 3 aromatic carbocycles. The topological polar surface area (TPSA) is 67.5 Å². The number of carbonyl (C=O) groups is 2. The number of phenols is 1. The molecule has 0 atom stereocenters. The second kappa shape index (κ2) is 6.56. The van der Waals surface area contributed by atoms with Crippen LogP contribution in [0.5, 0.6) is 5.75 Å². The van der Waals surface area contributed by atoms with Crippen molar-refractivity contribution in [1.82, 2.24) is 0 Å². The number of aromatic hydroxyl groups is 1. The number of hydrogen-bond donors (Lipinski definition) is 1. The summed E-state index contributed by atoms with van der Waals surface area (Å²) < 4.78 is 6.07. The van der Waals surface area contributed by atoms with Gasteiger partial charge in [0, 0.05) is 16.7 Å². The van der Waals surface area contributed by atoms with Gasteiger partial charge >= 0.3 is 0 Å². The van der Waals surface area contributed by atoms with E-state index in [1.165, 1.54) is 6.07 Å². The van der Waals surface area contributed by atoms with Crippen molar-refractivity contribution in [3.05, 3.63) is 100 Å². The summed E-state index contributed by atoms with van der Waals surface area (Å²) in [6.45, 7) is 3.82. The fraction of sp³-hybridized carbons (Fsp3) is 0.0769. The van der Waals surface area contributed by atoms with Crippen molar-refractivity contribution < 1.29 is 19.1 Å². The maximum absolute atomic E-state index is 13.4. The van der Waals surface area contributed by atoms with Crippen LogP contribution in [-0.4, -0.2) is 16.7 Å². The first kappa shape index (κ1) is 18.1. The molecule has 1 heterocycles. The van der Waals surface area contributed by atoms with Gasteiger partial charge in [-0.15, -0.1) is 0 Å². The molecule has 1 aliphatic rings. The first-order valence-electron chi connectivity index (χ1n) is 9.68. The summed E-state index contributed by atoms with van der Waals surface area (Å²) in [7, 11) is 0. The average molecular weight is 394 g/mol. The fourth-order valence-corrected chi connectivity index (χ4v) is 3.96. The van der Waals surface area contributed by atoms with Crippen molar-refractivity contribution in [2.24, 2.45) is 0 Å². The molecule has 0 radical (unpaired) electrons. The molecule has 4 heteroatoms. The SMILES string of the molecule is Cc1ccc(-c2c(C(=O)c3cc(C)ccc3O)oc3c2C(=O)c2ccccc2-3)cc1. The van der Waals surface area contributed by atoms with Gasteiger partial charge in [-0.2, -0.15) is 0 Å². The highest BCUT2D eigenvalue weighted by molar-refractivity contribution is 6.27. The quantitative estimate of drug-likeness (QED) is 0.398. The van der Waals surface area contributed by atoms with Crippen molar-refractivity contribution in [2.45, 2.75) is 13.8 Å². The highest BCUT2D eigenvalue weighted by Gasteiger charge is 2.38. The van der Waals surface area contributed by atoms with Crippen molar-refractivity contribution in [3.8, 4) is 28.2 Å². The van der Waals surface area contributed by atoms with E-state index in [2.05, 4.69) is 0 Å². The first-order valence-corrected chi connectivity index (χ1v) is 9.68. The molecular weight excluding hydrogens is 376 g/mol. The lowest BCUT2D eigenvalue weighted by Gasteiger charge is -2.08. The number of furan rings is 1. The van der Waals surface area contributed by atoms with Gasteiger partial charge in [0.1, 0.15) is 11.5 Å². The minimum absolute atomic E-state index is 0.0626. The van der Waals surface area contributed by atoms with Gasteiger partial charge in [-0.05, 0) is 31.5 Å². The number of rotatable bonds is 3. The molecule has 1 aromatic heterocycles. The fourth-order valence-electron chi connectivity index (χ4n) is 3.96. The molecular formula is C26H18O4. The van der Waals surface area contributed by atoms with Crippen LogP contribution in [-0.2, 0) is 0 Å². The average Bonchev–Trinajstić information content (AvgIpc) is 3.27. The molecule has 0 spiro atoms. The highest BCUT2D eigenvalue weighted by Crippen LogP contribution is 2.46. The van der Waals surface area contributed by atoms with Crippen molar-refractivity contribution in [2.75, 3.05) is 0 Å². The molecule has 30 heavy (non-hydrogen) atoms. The van der Waals surface area contributed by atoms with E-state index in [-0.39, 0.29) is 22.9 Å². The zero-order valence-corrected chi connectivity index (χ0v) is 16.5. The van der Waals surface area contributed by atoms with E-state index in [9.17, 15) is 14.7 Å². The number of aryl methyl sites for hydroxylation is 2. The smallest absolute Gasteiger partial charge is 0.232 e. The summed E-state index contributed by atoms with van der Waals surface area (Å²) in [5.41, 5.74) is 4.90. The van der Waals surface area contributed by atoms with Gasteiger partial charge in [0.2, 0.25) is 5.78 Å². The maximum Gasteiger partial charge on any atom is 0.232 e. The van der Waals surface area contributed by atoms with E-state index in [0.29, 0.717) is 28.0 Å². The molecule has 0 bridgehead atoms. The lowest BCUT2D eigenvalue weighted by molar-refractivity contribution is 0.101. The van der Waals surface area contributed by atoms with Crippen molar-refractivity contribution in [1.29, 1.82) is 0 Å². The summed E-state index contributed by atoms with van der Waals surface area (Å²) in [5.74, 6) is -0.267. The van der Waals surface area contributed by atoms with Crippen LogP contribution >= 0.6 is 0 Å². The Kier molecular flexibility index (Phi) is 3.97. The Morgan fingerprint density at radius 2 is 1.50 bits per heavy atom. The lowest BCUT2D eigenvalue weighted by Crippen LogP contribution is -2.05. The van der Waals surface area contributed by atoms with E-state index in [4.69, 9.17) is 4.42 Å². The predicted molar refractivity (Wildman–Crippen MR) is 114 cm³/mol. The molecule has 4 nitrogen and oxygen atoms in total. The van der Waals surface area contributed by atoms with Crippen LogP contribution in [0.2, 0.25) is 0 Å². The molecule has 0 unspecified atom stereocenters. The number of ketones is 2. The molecule has 0 saturated heterocycles. The highest BCUT2D eigenvalue weighted by atomic mass is 16.4. The minimum Gasteiger partial charge on any atom is -0.507 e. The molecule has 0 amide bonds. The second-order valence-electron chi connectivity index (χ2n) is 7.60. The Labute approximate surface area is 173 Å². The summed E-state index contributed by atoms with van der Waals surface area (Å²) in [5, 5.41) is 10.3. The van der Waals surface area contributed by atoms with Crippen LogP contribution in [0, 0.1) is 13.8 Å². The number of fused-ring (bicyclic) bond motifs is 3. The first-order chi connectivity index (χ1) is 14.5. The van der Waals surface area contributed by atoms with Gasteiger partial charge in [-0.3, -0.25) is 9.59 Å². The van der Waals surface area contributed by atoms with Gasteiger partial charge in [-0.25, -0.2) is 0 Å². The van der Waals surface area contributed by atoms with Crippen LogP contribution < -0.4 is 0 Å². The van der Waals surface area contributed by atoms with Gasteiger partial charge in [0.15, 0.2) is 11.5 Å². The van der Waals surface area contributed by atoms with E-state index in [0.717, 1.165) is 16.7 Å². The van der Waals surface area contributed by atoms with E-state index < -0.39 is 5.78 Å². The predicted octanol–water partition coefficient (Wildman–Crippen LogP) is 5.71. The third kappa shape index (κ3) is 2.61. The minimum atomic E-state index is -0.452. The molecule has 1 N–H and O–H groups in total. The summed E-state index contributed by atoms with van der Waals surface area (Å²) in [4.78, 5) is 26.7. The summed E-state index contributed by atoms with van der Waals surface area (Å²) >= 11 is 0. The second-order valence-corrected chi connectivity index (χ2v) is 7.60. The molecule has 0 fully saturated rings. The van der Waals surface area contributed by atoms with Crippen LogP contribution in [0.25, 0.3) is 22.5 Å². The Hall–Kier alpha value is -3.92. The Morgan fingerprint density at radius 1 is 0.833 bits per heavy atom. The Balaban J connectivity index is 1.79. The number of hydrogen-bond acceptors (Lipinski definition) is 4. The number of benzene rings is 3. The largest absolute Gasteiger partial charge is 0.507 e. The van der Waals surface area contributed by atoms with Gasteiger partial charge in [0.25, 0.3) is 0 Å². The molecule has 0 saturated carbocycles. The van der Waals surface area contributed by atoms with E-state index in [1.54, 1.807) is 18.2 Å². The van der Waals surface area contributed by atoms with E-state index >= 15 is 0 Å². The molecule has 146 valence electrons. The van der Waals surface area contributed by atoms with Crippen LogP contribution in [0.15, 0.2) is 71.1 Å².